The lowest BCUT2D eigenvalue weighted by molar-refractivity contribution is -0.123. The summed E-state index contributed by atoms with van der Waals surface area (Å²) < 4.78 is 49.6. The number of benzene rings is 2. The monoisotopic (exact) mass is 388 g/mol. The van der Waals surface area contributed by atoms with Crippen LogP contribution in [0.2, 0.25) is 0 Å². The Kier molecular flexibility index (Phi) is 6.11. The van der Waals surface area contributed by atoms with Gasteiger partial charge < -0.3 is 14.8 Å². The first kappa shape index (κ1) is 19.2. The van der Waals surface area contributed by atoms with Crippen molar-refractivity contribution in [3.63, 3.8) is 0 Å². The lowest BCUT2D eigenvalue weighted by Crippen LogP contribution is -2.28. The summed E-state index contributed by atoms with van der Waals surface area (Å²) in [5, 5.41) is 2.59. The first-order valence-electron chi connectivity index (χ1n) is 8.22. The highest BCUT2D eigenvalue weighted by atomic mass is 19.1. The molecule has 0 unspecified atom stereocenters. The Bertz CT molecular complexity index is 948. The maximum absolute atomic E-state index is 13.4. The van der Waals surface area contributed by atoms with Gasteiger partial charge in [0.05, 0.1) is 0 Å². The molecule has 144 valence electrons. The van der Waals surface area contributed by atoms with Gasteiger partial charge in [-0.25, -0.2) is 18.2 Å². The Morgan fingerprint density at radius 2 is 1.71 bits per heavy atom. The topological polar surface area (TPSA) is 60.5 Å². The van der Waals surface area contributed by atoms with Gasteiger partial charge in [0, 0.05) is 24.9 Å². The average molecular weight is 388 g/mol. The maximum atomic E-state index is 13.4. The zero-order valence-corrected chi connectivity index (χ0v) is 14.5. The van der Waals surface area contributed by atoms with Crippen molar-refractivity contribution in [1.82, 2.24) is 10.3 Å². The number of nitrogens with zero attached hydrogens (tertiary/aromatic N) is 1. The third kappa shape index (κ3) is 5.47. The van der Waals surface area contributed by atoms with E-state index in [1.165, 1.54) is 30.5 Å². The molecule has 0 aliphatic heterocycles. The quantitative estimate of drug-likeness (QED) is 0.665. The van der Waals surface area contributed by atoms with E-state index in [-0.39, 0.29) is 18.1 Å². The number of halogens is 3. The molecule has 0 saturated heterocycles. The molecule has 0 atom stereocenters. The first-order valence-corrected chi connectivity index (χ1v) is 8.22. The van der Waals surface area contributed by atoms with E-state index in [9.17, 15) is 18.0 Å². The Balaban J connectivity index is 1.46. The number of nitrogens with one attached hydrogen (secondary N) is 1. The Morgan fingerprint density at radius 1 is 0.964 bits per heavy atom. The lowest BCUT2D eigenvalue weighted by atomic mass is 10.3. The Labute approximate surface area is 158 Å². The fraction of sp³-hybridized carbons (Fsp3) is 0.100. The first-order chi connectivity index (χ1) is 13.5. The van der Waals surface area contributed by atoms with Gasteiger partial charge in [0.2, 0.25) is 5.88 Å². The van der Waals surface area contributed by atoms with Crippen LogP contribution in [0, 0.1) is 17.5 Å². The summed E-state index contributed by atoms with van der Waals surface area (Å²) in [5.41, 5.74) is 0.702. The molecule has 0 fully saturated rings. The van der Waals surface area contributed by atoms with Gasteiger partial charge in [0.1, 0.15) is 17.4 Å². The number of aromatic nitrogens is 1. The second-order valence-electron chi connectivity index (χ2n) is 5.70. The van der Waals surface area contributed by atoms with Crippen molar-refractivity contribution in [3.8, 4) is 17.4 Å². The van der Waals surface area contributed by atoms with Crippen LogP contribution in [0.3, 0.4) is 0 Å². The summed E-state index contributed by atoms with van der Waals surface area (Å²) in [5.74, 6) is -1.90. The molecular weight excluding hydrogens is 373 g/mol. The smallest absolute Gasteiger partial charge is 0.258 e. The number of pyridine rings is 1. The Hall–Kier alpha value is -3.55. The van der Waals surface area contributed by atoms with E-state index in [0.29, 0.717) is 23.3 Å². The molecule has 1 amide bonds. The van der Waals surface area contributed by atoms with E-state index in [0.717, 1.165) is 12.1 Å². The van der Waals surface area contributed by atoms with Gasteiger partial charge in [0.25, 0.3) is 5.91 Å². The molecule has 0 saturated carbocycles. The van der Waals surface area contributed by atoms with E-state index >= 15 is 0 Å². The second-order valence-corrected chi connectivity index (χ2v) is 5.70. The normalized spacial score (nSPS) is 10.4. The lowest BCUT2D eigenvalue weighted by Gasteiger charge is -2.09. The van der Waals surface area contributed by atoms with Crippen LogP contribution in [-0.2, 0) is 11.3 Å². The standard InChI is InChI=1S/C20H15F3N2O3/c21-14-2-5-16(6-3-14)28-20-8-1-13(11-25-20)10-24-19(26)12-27-18-7-4-15(22)9-17(18)23/h1-9,11H,10,12H2,(H,24,26). The SMILES string of the molecule is O=C(COc1ccc(F)cc1F)NCc1ccc(Oc2ccc(F)cc2)nc1. The molecule has 1 N–H and O–H groups in total. The molecular formula is C20H15F3N2O3. The molecule has 0 bridgehead atoms. The number of rotatable bonds is 7. The highest BCUT2D eigenvalue weighted by Crippen LogP contribution is 2.20. The van der Waals surface area contributed by atoms with Crippen LogP contribution in [-0.4, -0.2) is 17.5 Å². The minimum absolute atomic E-state index is 0.178. The van der Waals surface area contributed by atoms with Crippen LogP contribution in [0.4, 0.5) is 13.2 Å². The number of ether oxygens (including phenoxy) is 2. The molecule has 3 aromatic rings. The number of amides is 1. The largest absolute Gasteiger partial charge is 0.481 e. The van der Waals surface area contributed by atoms with Crippen molar-refractivity contribution < 1.29 is 27.4 Å². The minimum atomic E-state index is -0.881. The third-order valence-electron chi connectivity index (χ3n) is 3.58. The zero-order chi connectivity index (χ0) is 19.9. The molecule has 1 heterocycles. The second kappa shape index (κ2) is 8.90. The van der Waals surface area contributed by atoms with Crippen molar-refractivity contribution in [2.75, 3.05) is 6.61 Å². The highest BCUT2D eigenvalue weighted by molar-refractivity contribution is 5.77. The van der Waals surface area contributed by atoms with E-state index in [1.807, 2.05) is 0 Å². The number of carbonyl (C=O) groups is 1. The van der Waals surface area contributed by atoms with Crippen molar-refractivity contribution in [2.45, 2.75) is 6.54 Å². The van der Waals surface area contributed by atoms with E-state index < -0.39 is 24.1 Å². The molecule has 0 radical (unpaired) electrons. The van der Waals surface area contributed by atoms with Gasteiger partial charge in [-0.1, -0.05) is 6.07 Å². The molecule has 0 aliphatic carbocycles. The third-order valence-corrected chi connectivity index (χ3v) is 3.58. The fourth-order valence-electron chi connectivity index (χ4n) is 2.19. The summed E-state index contributed by atoms with van der Waals surface area (Å²) in [4.78, 5) is 15.9. The maximum Gasteiger partial charge on any atom is 0.258 e. The van der Waals surface area contributed by atoms with Gasteiger partial charge in [-0.15, -0.1) is 0 Å². The zero-order valence-electron chi connectivity index (χ0n) is 14.5. The van der Waals surface area contributed by atoms with Gasteiger partial charge in [-0.3, -0.25) is 4.79 Å². The van der Waals surface area contributed by atoms with Crippen LogP contribution in [0.25, 0.3) is 0 Å². The minimum Gasteiger partial charge on any atom is -0.481 e. The molecule has 28 heavy (non-hydrogen) atoms. The van der Waals surface area contributed by atoms with Crippen LogP contribution in [0.5, 0.6) is 17.4 Å². The van der Waals surface area contributed by atoms with Gasteiger partial charge in [-0.05, 0) is 42.0 Å². The summed E-state index contributed by atoms with van der Waals surface area (Å²) in [6, 6.07) is 11.7. The van der Waals surface area contributed by atoms with Crippen LogP contribution in [0.15, 0.2) is 60.8 Å². The molecule has 3 rings (SSSR count). The van der Waals surface area contributed by atoms with Crippen LogP contribution < -0.4 is 14.8 Å². The highest BCUT2D eigenvalue weighted by Gasteiger charge is 2.08. The van der Waals surface area contributed by atoms with Crippen molar-refractivity contribution in [3.05, 3.63) is 83.8 Å². The van der Waals surface area contributed by atoms with E-state index in [2.05, 4.69) is 10.3 Å². The molecule has 0 aliphatic rings. The number of hydrogen-bond donors (Lipinski definition) is 1. The molecule has 0 spiro atoms. The summed E-state index contributed by atoms with van der Waals surface area (Å²) in [6.45, 7) is -0.236. The van der Waals surface area contributed by atoms with E-state index in [1.54, 1.807) is 12.1 Å². The number of hydrogen-bond acceptors (Lipinski definition) is 4. The van der Waals surface area contributed by atoms with Crippen molar-refractivity contribution in [2.24, 2.45) is 0 Å². The predicted molar refractivity (Wildman–Crippen MR) is 94.4 cm³/mol. The van der Waals surface area contributed by atoms with Crippen molar-refractivity contribution >= 4 is 5.91 Å². The van der Waals surface area contributed by atoms with Crippen molar-refractivity contribution in [1.29, 1.82) is 0 Å². The summed E-state index contributed by atoms with van der Waals surface area (Å²) >= 11 is 0. The number of carbonyl (C=O) groups excluding carboxylic acids is 1. The summed E-state index contributed by atoms with van der Waals surface area (Å²) in [7, 11) is 0. The van der Waals surface area contributed by atoms with Gasteiger partial charge in [-0.2, -0.15) is 0 Å². The van der Waals surface area contributed by atoms with Crippen LogP contribution in [0.1, 0.15) is 5.56 Å². The van der Waals surface area contributed by atoms with Gasteiger partial charge in [0.15, 0.2) is 18.2 Å². The van der Waals surface area contributed by atoms with Gasteiger partial charge >= 0.3 is 0 Å². The summed E-state index contributed by atoms with van der Waals surface area (Å²) in [6.07, 6.45) is 1.51. The van der Waals surface area contributed by atoms with E-state index in [4.69, 9.17) is 9.47 Å². The van der Waals surface area contributed by atoms with Crippen LogP contribution >= 0.6 is 0 Å². The molecule has 1 aromatic heterocycles. The Morgan fingerprint density at radius 3 is 2.39 bits per heavy atom. The average Bonchev–Trinajstić information content (AvgIpc) is 2.68. The fourth-order valence-corrected chi connectivity index (χ4v) is 2.19. The predicted octanol–water partition coefficient (Wildman–Crippen LogP) is 3.99. The molecule has 8 heteroatoms. The molecule has 2 aromatic carbocycles. The molecule has 5 nitrogen and oxygen atoms in total.